The summed E-state index contributed by atoms with van der Waals surface area (Å²) in [7, 11) is 0. The summed E-state index contributed by atoms with van der Waals surface area (Å²) in [4.78, 5) is 30.9. The fraction of sp³-hybridized carbons (Fsp3) is 0.364. The summed E-state index contributed by atoms with van der Waals surface area (Å²) in [5.41, 5.74) is 4.77. The molecule has 3 aliphatic rings. The molecule has 6 rings (SSSR count). The van der Waals surface area contributed by atoms with Crippen LogP contribution in [-0.2, 0) is 9.53 Å². The number of ether oxygens (including phenoxy) is 2. The Hall–Kier alpha value is -3.92. The molecule has 224 valence electrons. The maximum absolute atomic E-state index is 12.2. The van der Waals surface area contributed by atoms with Crippen molar-refractivity contribution >= 4 is 45.7 Å². The van der Waals surface area contributed by atoms with Crippen LogP contribution < -0.4 is 20.7 Å². The van der Waals surface area contributed by atoms with Crippen LogP contribution >= 0.6 is 11.6 Å². The molecule has 43 heavy (non-hydrogen) atoms. The number of hydrogen-bond donors (Lipinski definition) is 3. The summed E-state index contributed by atoms with van der Waals surface area (Å²) in [6, 6.07) is 11.3. The molecule has 1 aromatic heterocycles. The molecule has 0 bridgehead atoms. The quantitative estimate of drug-likeness (QED) is 0.280. The average molecular weight is 602 g/mol. The summed E-state index contributed by atoms with van der Waals surface area (Å²) in [5.74, 6) is 1.24. The van der Waals surface area contributed by atoms with Crippen LogP contribution in [0.1, 0.15) is 43.2 Å². The van der Waals surface area contributed by atoms with Crippen molar-refractivity contribution in [2.75, 3.05) is 38.1 Å². The van der Waals surface area contributed by atoms with E-state index in [-0.39, 0.29) is 30.0 Å². The Morgan fingerprint density at radius 3 is 2.81 bits per heavy atom. The number of morpholine rings is 1. The van der Waals surface area contributed by atoms with Crippen molar-refractivity contribution in [3.05, 3.63) is 77.5 Å². The van der Waals surface area contributed by atoms with Gasteiger partial charge >= 0.3 is 6.03 Å². The van der Waals surface area contributed by atoms with Gasteiger partial charge in [-0.2, -0.15) is 0 Å². The van der Waals surface area contributed by atoms with Gasteiger partial charge in [0.25, 0.3) is 0 Å². The molecule has 2 aromatic carbocycles. The second-order valence-corrected chi connectivity index (χ2v) is 11.7. The first-order valence-electron chi connectivity index (χ1n) is 14.8. The van der Waals surface area contributed by atoms with Gasteiger partial charge in [-0.15, -0.1) is 0 Å². The molecule has 2 fully saturated rings. The average Bonchev–Trinajstić information content (AvgIpc) is 3.85. The summed E-state index contributed by atoms with van der Waals surface area (Å²) >= 11 is 6.52. The first-order chi connectivity index (χ1) is 20.9. The van der Waals surface area contributed by atoms with Crippen molar-refractivity contribution in [3.8, 4) is 11.5 Å². The zero-order chi connectivity index (χ0) is 29.9. The number of nitrogens with one attached hydrogen (secondary N) is 3. The number of carbonyl (C=O) groups is 2. The number of aromatic nitrogens is 1. The van der Waals surface area contributed by atoms with Gasteiger partial charge in [0.2, 0.25) is 5.91 Å². The highest BCUT2D eigenvalue weighted by atomic mass is 35.5. The lowest BCUT2D eigenvalue weighted by Crippen LogP contribution is -2.41. The molecule has 9 nitrogen and oxygen atoms in total. The van der Waals surface area contributed by atoms with Gasteiger partial charge in [-0.1, -0.05) is 31.2 Å². The number of rotatable bonds is 8. The zero-order valence-corrected chi connectivity index (χ0v) is 25.0. The molecule has 2 atom stereocenters. The largest absolute Gasteiger partial charge is 0.457 e. The predicted molar refractivity (Wildman–Crippen MR) is 169 cm³/mol. The van der Waals surface area contributed by atoms with Crippen LogP contribution in [0.4, 0.5) is 10.5 Å². The Balaban J connectivity index is 1.32. The van der Waals surface area contributed by atoms with E-state index in [1.165, 1.54) is 11.6 Å². The van der Waals surface area contributed by atoms with E-state index in [1.54, 1.807) is 29.3 Å². The van der Waals surface area contributed by atoms with Gasteiger partial charge in [0.15, 0.2) is 0 Å². The Morgan fingerprint density at radius 2 is 2.12 bits per heavy atom. The number of hydrogen-bond acceptors (Lipinski definition) is 6. The monoisotopic (exact) mass is 601 g/mol. The van der Waals surface area contributed by atoms with Gasteiger partial charge in [0, 0.05) is 55.8 Å². The molecule has 3 heterocycles. The molecule has 2 unspecified atom stereocenters. The van der Waals surface area contributed by atoms with Crippen molar-refractivity contribution in [3.63, 3.8) is 0 Å². The minimum absolute atomic E-state index is 0.0352. The van der Waals surface area contributed by atoms with Crippen LogP contribution in [0.3, 0.4) is 0 Å². The molecular weight excluding hydrogens is 566 g/mol. The third-order valence-corrected chi connectivity index (χ3v) is 8.56. The second kappa shape index (κ2) is 12.8. The smallest absolute Gasteiger partial charge is 0.319 e. The van der Waals surface area contributed by atoms with Gasteiger partial charge < -0.3 is 30.3 Å². The number of urea groups is 1. The maximum atomic E-state index is 12.2. The van der Waals surface area contributed by atoms with Gasteiger partial charge in [-0.3, -0.25) is 9.78 Å². The first kappa shape index (κ1) is 29.2. The minimum Gasteiger partial charge on any atom is -0.457 e. The summed E-state index contributed by atoms with van der Waals surface area (Å²) < 4.78 is 12.5. The van der Waals surface area contributed by atoms with Crippen LogP contribution in [0.5, 0.6) is 11.5 Å². The lowest BCUT2D eigenvalue weighted by atomic mass is 9.84. The van der Waals surface area contributed by atoms with Crippen LogP contribution in [-0.4, -0.2) is 66.8 Å². The second-order valence-electron chi connectivity index (χ2n) is 11.3. The molecule has 10 heteroatoms. The van der Waals surface area contributed by atoms with E-state index in [2.05, 4.69) is 47.7 Å². The Morgan fingerprint density at radius 1 is 1.26 bits per heavy atom. The van der Waals surface area contributed by atoms with Gasteiger partial charge in [0.05, 0.1) is 28.9 Å². The Kier molecular flexibility index (Phi) is 8.65. The SMILES string of the molecule is C=CC(=O)N1CC=C(c2cc3c(Oc4ccc(NC(=O)NC5CC5)c(Cl)c4)ccnc3cc2C(C)C2CNCCO2)CC1. The predicted octanol–water partition coefficient (Wildman–Crippen LogP) is 5.86. The molecule has 1 saturated heterocycles. The summed E-state index contributed by atoms with van der Waals surface area (Å²) in [6.07, 6.45) is 8.01. The molecule has 1 aliphatic carbocycles. The molecular formula is C33H36ClN5O4. The molecule has 0 radical (unpaired) electrons. The van der Waals surface area contributed by atoms with Crippen LogP contribution in [0.15, 0.2) is 61.3 Å². The number of nitrogens with zero attached hydrogens (tertiary/aromatic N) is 2. The molecule has 1 saturated carbocycles. The highest BCUT2D eigenvalue weighted by molar-refractivity contribution is 6.33. The van der Waals surface area contributed by atoms with E-state index < -0.39 is 0 Å². The number of benzene rings is 2. The van der Waals surface area contributed by atoms with Crippen molar-refractivity contribution in [2.24, 2.45) is 0 Å². The van der Waals surface area contributed by atoms with Gasteiger partial charge in [-0.25, -0.2) is 4.79 Å². The third-order valence-electron chi connectivity index (χ3n) is 8.25. The van der Waals surface area contributed by atoms with E-state index in [0.717, 1.165) is 54.4 Å². The highest BCUT2D eigenvalue weighted by Crippen LogP contribution is 2.39. The fourth-order valence-electron chi connectivity index (χ4n) is 5.64. The van der Waals surface area contributed by atoms with Crippen LogP contribution in [0.25, 0.3) is 16.5 Å². The van der Waals surface area contributed by atoms with E-state index in [0.29, 0.717) is 41.9 Å². The number of anilines is 1. The number of amides is 3. The fourth-order valence-corrected chi connectivity index (χ4v) is 5.85. The summed E-state index contributed by atoms with van der Waals surface area (Å²) in [5, 5.41) is 10.4. The summed E-state index contributed by atoms with van der Waals surface area (Å²) in [6.45, 7) is 9.29. The van der Waals surface area contributed by atoms with E-state index in [9.17, 15) is 9.59 Å². The van der Waals surface area contributed by atoms with Gasteiger partial charge in [-0.05, 0) is 72.4 Å². The minimum atomic E-state index is -0.265. The molecule has 3 aromatic rings. The number of carbonyl (C=O) groups excluding carboxylic acids is 2. The highest BCUT2D eigenvalue weighted by Gasteiger charge is 2.27. The van der Waals surface area contributed by atoms with Gasteiger partial charge in [0.1, 0.15) is 11.5 Å². The van der Waals surface area contributed by atoms with Crippen molar-refractivity contribution in [2.45, 2.75) is 44.2 Å². The van der Waals surface area contributed by atoms with E-state index >= 15 is 0 Å². The maximum Gasteiger partial charge on any atom is 0.319 e. The molecule has 3 amide bonds. The molecule has 0 spiro atoms. The van der Waals surface area contributed by atoms with E-state index in [1.807, 2.05) is 6.07 Å². The molecule has 3 N–H and O–H groups in total. The normalized spacial score (nSPS) is 19.3. The number of halogens is 1. The Bertz CT molecular complexity index is 1580. The number of fused-ring (bicyclic) bond motifs is 1. The molecule has 2 aliphatic heterocycles. The lowest BCUT2D eigenvalue weighted by Gasteiger charge is -2.32. The van der Waals surface area contributed by atoms with Crippen molar-refractivity contribution in [1.29, 1.82) is 0 Å². The number of pyridine rings is 1. The topological polar surface area (TPSA) is 105 Å². The standard InChI is InChI=1S/C33H36ClN5O4/c1-3-32(40)39-13-9-21(10-14-39)25-17-26-29(18-24(25)20(2)31-19-35-12-15-42-31)36-11-8-30(26)43-23-6-7-28(27(34)16-23)38-33(41)37-22-4-5-22/h3,6-9,11,16-18,20,22,31,35H,1,4-5,10,12-15,19H2,2H3,(H2,37,38,41). The van der Waals surface area contributed by atoms with Crippen LogP contribution in [0, 0.1) is 0 Å². The first-order valence-corrected chi connectivity index (χ1v) is 15.2. The third kappa shape index (κ3) is 6.69. The zero-order valence-electron chi connectivity index (χ0n) is 24.2. The van der Waals surface area contributed by atoms with Crippen LogP contribution in [0.2, 0.25) is 5.02 Å². The van der Waals surface area contributed by atoms with Crippen molar-refractivity contribution < 1.29 is 19.1 Å². The van der Waals surface area contributed by atoms with E-state index in [4.69, 9.17) is 26.1 Å². The Labute approximate surface area is 256 Å². The lowest BCUT2D eigenvalue weighted by molar-refractivity contribution is -0.125. The van der Waals surface area contributed by atoms with Crippen molar-refractivity contribution in [1.82, 2.24) is 20.5 Å².